The molecule has 1 saturated heterocycles. The van der Waals surface area contributed by atoms with Crippen molar-refractivity contribution in [2.75, 3.05) is 13.2 Å². The van der Waals surface area contributed by atoms with Crippen molar-refractivity contribution in [3.05, 3.63) is 71.8 Å². The highest BCUT2D eigenvalue weighted by Gasteiger charge is 2.38. The molecule has 0 spiro atoms. The molecule has 28 heavy (non-hydrogen) atoms. The predicted molar refractivity (Wildman–Crippen MR) is 111 cm³/mol. The van der Waals surface area contributed by atoms with Crippen LogP contribution in [0.2, 0.25) is 0 Å². The van der Waals surface area contributed by atoms with E-state index < -0.39 is 5.60 Å². The third-order valence-electron chi connectivity index (χ3n) is 5.06. The zero-order valence-corrected chi connectivity index (χ0v) is 17.3. The average Bonchev–Trinajstić information content (AvgIpc) is 2.68. The number of rotatable bonds is 4. The van der Waals surface area contributed by atoms with Gasteiger partial charge in [0.05, 0.1) is 6.61 Å². The topological polar surface area (TPSA) is 38.8 Å². The zero-order valence-electron chi connectivity index (χ0n) is 17.3. The maximum Gasteiger partial charge on any atom is 0.412 e. The second kappa shape index (κ2) is 8.78. The van der Waals surface area contributed by atoms with Gasteiger partial charge in [0.25, 0.3) is 0 Å². The van der Waals surface area contributed by atoms with Crippen molar-refractivity contribution >= 4 is 6.09 Å². The molecule has 0 radical (unpaired) electrons. The van der Waals surface area contributed by atoms with E-state index in [1.54, 1.807) is 4.90 Å². The van der Waals surface area contributed by atoms with Crippen LogP contribution in [0.15, 0.2) is 60.7 Å². The van der Waals surface area contributed by atoms with Crippen molar-refractivity contribution < 1.29 is 14.3 Å². The third-order valence-corrected chi connectivity index (χ3v) is 5.06. The summed E-state index contributed by atoms with van der Waals surface area (Å²) < 4.78 is 11.8. The molecule has 1 aliphatic rings. The summed E-state index contributed by atoms with van der Waals surface area (Å²) >= 11 is 0. The second-order valence-electron chi connectivity index (χ2n) is 8.45. The third kappa shape index (κ3) is 4.93. The first-order valence-corrected chi connectivity index (χ1v) is 10.1. The molecule has 4 heteroatoms. The molecule has 4 nitrogen and oxygen atoms in total. The Morgan fingerprint density at radius 3 is 2.07 bits per heavy atom. The van der Waals surface area contributed by atoms with Gasteiger partial charge in [0, 0.05) is 18.4 Å². The van der Waals surface area contributed by atoms with Gasteiger partial charge in [-0.3, -0.25) is 4.90 Å². The highest BCUT2D eigenvalue weighted by atomic mass is 16.6. The van der Waals surface area contributed by atoms with Gasteiger partial charge in [-0.15, -0.1) is 0 Å². The second-order valence-corrected chi connectivity index (χ2v) is 8.45. The van der Waals surface area contributed by atoms with Crippen LogP contribution in [0.3, 0.4) is 0 Å². The summed E-state index contributed by atoms with van der Waals surface area (Å²) in [6.45, 7) is 9.16. The van der Waals surface area contributed by atoms with Crippen molar-refractivity contribution in [2.45, 2.75) is 51.9 Å². The fourth-order valence-electron chi connectivity index (χ4n) is 3.89. The Bertz CT molecular complexity index is 715. The molecule has 0 aromatic heterocycles. The minimum Gasteiger partial charge on any atom is -0.444 e. The van der Waals surface area contributed by atoms with Crippen LogP contribution in [0.25, 0.3) is 0 Å². The minimum atomic E-state index is -0.527. The highest BCUT2D eigenvalue weighted by Crippen LogP contribution is 2.37. The van der Waals surface area contributed by atoms with Crippen molar-refractivity contribution in [3.8, 4) is 0 Å². The van der Waals surface area contributed by atoms with Gasteiger partial charge in [0.2, 0.25) is 0 Å². The van der Waals surface area contributed by atoms with E-state index >= 15 is 0 Å². The van der Waals surface area contributed by atoms with Crippen molar-refractivity contribution in [1.82, 2.24) is 4.90 Å². The molecule has 1 fully saturated rings. The van der Waals surface area contributed by atoms with Gasteiger partial charge >= 0.3 is 6.09 Å². The molecule has 1 heterocycles. The van der Waals surface area contributed by atoms with Gasteiger partial charge < -0.3 is 9.47 Å². The molecule has 2 unspecified atom stereocenters. The Hall–Kier alpha value is -2.33. The maximum atomic E-state index is 12.8. The first-order chi connectivity index (χ1) is 13.4. The van der Waals surface area contributed by atoms with Gasteiger partial charge in [-0.05, 0) is 38.3 Å². The highest BCUT2D eigenvalue weighted by molar-refractivity contribution is 5.68. The van der Waals surface area contributed by atoms with E-state index in [9.17, 15) is 4.79 Å². The number of carbonyl (C=O) groups excluding carboxylic acids is 1. The number of benzene rings is 2. The van der Waals surface area contributed by atoms with E-state index in [4.69, 9.17) is 9.47 Å². The van der Waals surface area contributed by atoms with Crippen LogP contribution in [0, 0.1) is 5.92 Å². The molecule has 1 aliphatic heterocycles. The van der Waals surface area contributed by atoms with E-state index in [0.717, 1.165) is 6.42 Å². The van der Waals surface area contributed by atoms with E-state index in [2.05, 4.69) is 55.5 Å². The molecule has 150 valence electrons. The summed E-state index contributed by atoms with van der Waals surface area (Å²) in [5.74, 6) is 0.188. The SMILES string of the molecule is CC(C(c1ccccc1)c1ccccc1)C1OCCCN1C(=O)OC(C)(C)C. The lowest BCUT2D eigenvalue weighted by atomic mass is 9.80. The van der Waals surface area contributed by atoms with Gasteiger partial charge in [0.15, 0.2) is 0 Å². The summed E-state index contributed by atoms with van der Waals surface area (Å²) in [5.41, 5.74) is 1.92. The molecule has 0 saturated carbocycles. The van der Waals surface area contributed by atoms with E-state index in [0.29, 0.717) is 13.2 Å². The number of hydrogen-bond acceptors (Lipinski definition) is 3. The Morgan fingerprint density at radius 2 is 1.57 bits per heavy atom. The predicted octanol–water partition coefficient (Wildman–Crippen LogP) is 5.44. The van der Waals surface area contributed by atoms with Crippen LogP contribution < -0.4 is 0 Å². The van der Waals surface area contributed by atoms with Crippen LogP contribution in [0.1, 0.15) is 51.2 Å². The number of nitrogens with zero attached hydrogens (tertiary/aromatic N) is 1. The molecule has 2 aromatic carbocycles. The van der Waals surface area contributed by atoms with E-state index in [1.165, 1.54) is 11.1 Å². The van der Waals surface area contributed by atoms with Crippen molar-refractivity contribution in [3.63, 3.8) is 0 Å². The number of hydrogen-bond donors (Lipinski definition) is 0. The molecule has 0 aliphatic carbocycles. The van der Waals surface area contributed by atoms with E-state index in [1.807, 2.05) is 32.9 Å². The normalized spacial score (nSPS) is 18.8. The summed E-state index contributed by atoms with van der Waals surface area (Å²) in [7, 11) is 0. The molecule has 2 atom stereocenters. The van der Waals surface area contributed by atoms with Gasteiger partial charge in [-0.2, -0.15) is 0 Å². The summed E-state index contributed by atoms with van der Waals surface area (Å²) in [4.78, 5) is 14.6. The smallest absolute Gasteiger partial charge is 0.412 e. The molecule has 0 bridgehead atoms. The largest absolute Gasteiger partial charge is 0.444 e. The lowest BCUT2D eigenvalue weighted by Crippen LogP contribution is -2.52. The van der Waals surface area contributed by atoms with Crippen LogP contribution in [0.4, 0.5) is 4.79 Å². The van der Waals surface area contributed by atoms with Crippen LogP contribution >= 0.6 is 0 Å². The Kier molecular flexibility index (Phi) is 6.40. The lowest BCUT2D eigenvalue weighted by molar-refractivity contribution is -0.121. The zero-order chi connectivity index (χ0) is 20.1. The van der Waals surface area contributed by atoms with E-state index in [-0.39, 0.29) is 24.2 Å². The lowest BCUT2D eigenvalue weighted by Gasteiger charge is -2.42. The summed E-state index contributed by atoms with van der Waals surface area (Å²) in [6.07, 6.45) is 0.196. The Labute approximate surface area is 168 Å². The fourth-order valence-corrected chi connectivity index (χ4v) is 3.89. The van der Waals surface area contributed by atoms with Crippen LogP contribution in [-0.4, -0.2) is 36.0 Å². The first-order valence-electron chi connectivity index (χ1n) is 10.1. The van der Waals surface area contributed by atoms with Crippen molar-refractivity contribution in [2.24, 2.45) is 5.92 Å². The number of amides is 1. The summed E-state index contributed by atoms with van der Waals surface area (Å²) in [6, 6.07) is 20.9. The average molecular weight is 382 g/mol. The summed E-state index contributed by atoms with van der Waals surface area (Å²) in [5, 5.41) is 0. The molecule has 3 rings (SSSR count). The van der Waals surface area contributed by atoms with Gasteiger partial charge in [-0.25, -0.2) is 4.79 Å². The Balaban J connectivity index is 1.92. The fraction of sp³-hybridized carbons (Fsp3) is 0.458. The standard InChI is InChI=1S/C24H31NO3/c1-18(22-25(16-11-17-27-22)23(26)28-24(2,3)4)21(19-12-7-5-8-13-19)20-14-9-6-10-15-20/h5-10,12-15,18,21-22H,11,16-17H2,1-4H3. The molecule has 1 amide bonds. The molecule has 2 aromatic rings. The van der Waals surface area contributed by atoms with Crippen LogP contribution in [0.5, 0.6) is 0 Å². The number of ether oxygens (including phenoxy) is 2. The van der Waals surface area contributed by atoms with Gasteiger partial charge in [0.1, 0.15) is 11.8 Å². The van der Waals surface area contributed by atoms with Crippen LogP contribution in [-0.2, 0) is 9.47 Å². The number of carbonyl (C=O) groups is 1. The molecular formula is C24H31NO3. The molecule has 0 N–H and O–H groups in total. The first kappa shape index (κ1) is 20.4. The van der Waals surface area contributed by atoms with Gasteiger partial charge in [-0.1, -0.05) is 67.6 Å². The minimum absolute atomic E-state index is 0.0672. The quantitative estimate of drug-likeness (QED) is 0.708. The Morgan fingerprint density at radius 1 is 1.04 bits per heavy atom. The maximum absolute atomic E-state index is 12.8. The molecular weight excluding hydrogens is 350 g/mol. The van der Waals surface area contributed by atoms with Crippen molar-refractivity contribution in [1.29, 1.82) is 0 Å². The monoisotopic (exact) mass is 381 g/mol.